The molecule has 2 N–H and O–H groups in total. The molecule has 0 aliphatic heterocycles. The van der Waals surface area contributed by atoms with Gasteiger partial charge in [0.2, 0.25) is 5.91 Å². The van der Waals surface area contributed by atoms with Gasteiger partial charge in [0, 0.05) is 34.8 Å². The molecule has 0 radical (unpaired) electrons. The molecule has 3 heterocycles. The Morgan fingerprint density at radius 2 is 1.79 bits per heavy atom. The maximum atomic E-state index is 13.7. The highest BCUT2D eigenvalue weighted by molar-refractivity contribution is 6.05. The molecule has 2 fully saturated rings. The summed E-state index contributed by atoms with van der Waals surface area (Å²) in [7, 11) is 0. The minimum Gasteiger partial charge on any atom is -0.472 e. The van der Waals surface area contributed by atoms with Gasteiger partial charge in [-0.3, -0.25) is 9.59 Å². The molecule has 2 amide bonds. The highest BCUT2D eigenvalue weighted by Crippen LogP contribution is 2.37. The Morgan fingerprint density at radius 1 is 0.977 bits per heavy atom. The van der Waals surface area contributed by atoms with Gasteiger partial charge in [0.25, 0.3) is 5.91 Å². The molecule has 2 aromatic carbocycles. The number of anilines is 1. The number of fused-ring (bicyclic) bond motifs is 2. The summed E-state index contributed by atoms with van der Waals surface area (Å²) in [6, 6.07) is 14.6. The summed E-state index contributed by atoms with van der Waals surface area (Å²) in [5.74, 6) is 0.259. The van der Waals surface area contributed by atoms with Crippen LogP contribution in [0, 0.1) is 6.92 Å². The molecule has 0 unspecified atom stereocenters. The van der Waals surface area contributed by atoms with Gasteiger partial charge in [0.15, 0.2) is 0 Å². The Labute approximate surface area is 248 Å². The van der Waals surface area contributed by atoms with Crippen LogP contribution in [-0.2, 0) is 4.79 Å². The van der Waals surface area contributed by atoms with Crippen molar-refractivity contribution in [2.75, 3.05) is 5.32 Å². The molecule has 0 spiro atoms. The number of amides is 2. The standard InChI is InChI=1S/C34H34N4O5/c1-21-17-30(39)43-29-19-24(10-11-26(21)29)35-33(41)34(14-5-6-15-34)37-32(40)22-9-12-28-27(18-22)36-31(23-13-16-42-20-23)38(28)25-7-3-2-4-8-25/h9-13,16-20,25H,2-8,14-15H2,1H3,(H,35,41)(H,37,40). The molecule has 43 heavy (non-hydrogen) atoms. The van der Waals surface area contributed by atoms with E-state index in [0.29, 0.717) is 35.7 Å². The second-order valence-corrected chi connectivity index (χ2v) is 12.0. The molecule has 0 atom stereocenters. The van der Waals surface area contributed by atoms with Crippen LogP contribution in [-0.4, -0.2) is 26.9 Å². The Morgan fingerprint density at radius 3 is 2.56 bits per heavy atom. The van der Waals surface area contributed by atoms with Crippen molar-refractivity contribution in [2.45, 2.75) is 76.3 Å². The lowest BCUT2D eigenvalue weighted by molar-refractivity contribution is -0.122. The monoisotopic (exact) mass is 578 g/mol. The number of rotatable bonds is 6. The number of hydrogen-bond acceptors (Lipinski definition) is 6. The first-order valence-corrected chi connectivity index (χ1v) is 15.1. The fourth-order valence-electron chi connectivity index (χ4n) is 6.87. The summed E-state index contributed by atoms with van der Waals surface area (Å²) in [5.41, 5.74) is 3.35. The van der Waals surface area contributed by atoms with Crippen molar-refractivity contribution in [1.29, 1.82) is 0 Å². The molecule has 9 heteroatoms. The average molecular weight is 579 g/mol. The van der Waals surface area contributed by atoms with Gasteiger partial charge in [-0.2, -0.15) is 0 Å². The Balaban J connectivity index is 1.17. The number of nitrogens with zero attached hydrogens (tertiary/aromatic N) is 2. The predicted molar refractivity (Wildman–Crippen MR) is 164 cm³/mol. The van der Waals surface area contributed by atoms with Crippen molar-refractivity contribution >= 4 is 39.5 Å². The minimum atomic E-state index is -1.04. The maximum Gasteiger partial charge on any atom is 0.336 e. The van der Waals surface area contributed by atoms with E-state index in [1.54, 1.807) is 24.7 Å². The fraction of sp³-hybridized carbons (Fsp3) is 0.353. The Bertz CT molecular complexity index is 1890. The van der Waals surface area contributed by atoms with Gasteiger partial charge in [0.05, 0.1) is 22.9 Å². The SMILES string of the molecule is Cc1cc(=O)oc2cc(NC(=O)C3(NC(=O)c4ccc5c(c4)nc(-c4ccoc4)n5C4CCCCC4)CCCC3)ccc12. The van der Waals surface area contributed by atoms with Crippen molar-refractivity contribution in [3.63, 3.8) is 0 Å². The van der Waals surface area contributed by atoms with Crippen LogP contribution in [0.2, 0.25) is 0 Å². The van der Waals surface area contributed by atoms with Gasteiger partial charge in [-0.05, 0) is 74.6 Å². The number of carbonyl (C=O) groups excluding carboxylic acids is 2. The summed E-state index contributed by atoms with van der Waals surface area (Å²) in [6.07, 6.45) is 11.9. The van der Waals surface area contributed by atoms with Crippen LogP contribution in [0.5, 0.6) is 0 Å². The molecule has 0 bridgehead atoms. The molecule has 2 aliphatic rings. The Kier molecular flexibility index (Phi) is 6.88. The minimum absolute atomic E-state index is 0.280. The van der Waals surface area contributed by atoms with E-state index in [-0.39, 0.29) is 11.8 Å². The molecule has 2 saturated carbocycles. The van der Waals surface area contributed by atoms with Gasteiger partial charge in [-0.25, -0.2) is 9.78 Å². The van der Waals surface area contributed by atoms with Gasteiger partial charge < -0.3 is 24.0 Å². The second-order valence-electron chi connectivity index (χ2n) is 12.0. The normalized spacial score (nSPS) is 17.0. The first-order chi connectivity index (χ1) is 20.9. The van der Waals surface area contributed by atoms with Crippen molar-refractivity contribution in [2.24, 2.45) is 0 Å². The smallest absolute Gasteiger partial charge is 0.336 e. The fourth-order valence-corrected chi connectivity index (χ4v) is 6.87. The van der Waals surface area contributed by atoms with E-state index >= 15 is 0 Å². The van der Waals surface area contributed by atoms with Gasteiger partial charge in [0.1, 0.15) is 23.2 Å². The zero-order chi connectivity index (χ0) is 29.6. The highest BCUT2D eigenvalue weighted by atomic mass is 16.4. The zero-order valence-electron chi connectivity index (χ0n) is 24.2. The van der Waals surface area contributed by atoms with Gasteiger partial charge >= 0.3 is 5.63 Å². The molecule has 220 valence electrons. The molecule has 7 rings (SSSR count). The third-order valence-corrected chi connectivity index (χ3v) is 9.12. The molecule has 5 aromatic rings. The first kappa shape index (κ1) is 27.2. The molecule has 9 nitrogen and oxygen atoms in total. The van der Waals surface area contributed by atoms with Gasteiger partial charge in [-0.15, -0.1) is 0 Å². The summed E-state index contributed by atoms with van der Waals surface area (Å²) >= 11 is 0. The van der Waals surface area contributed by atoms with Crippen LogP contribution in [0.25, 0.3) is 33.4 Å². The van der Waals surface area contributed by atoms with E-state index < -0.39 is 11.2 Å². The highest BCUT2D eigenvalue weighted by Gasteiger charge is 2.42. The predicted octanol–water partition coefficient (Wildman–Crippen LogP) is 6.90. The molecule has 2 aliphatic carbocycles. The number of carbonyl (C=O) groups is 2. The Hall–Kier alpha value is -4.66. The van der Waals surface area contributed by atoms with E-state index in [2.05, 4.69) is 15.2 Å². The lowest BCUT2D eigenvalue weighted by atomic mass is 9.94. The lowest BCUT2D eigenvalue weighted by Crippen LogP contribution is -2.55. The average Bonchev–Trinajstić information content (AvgIpc) is 3.77. The van der Waals surface area contributed by atoms with E-state index in [1.807, 2.05) is 37.3 Å². The molecular weight excluding hydrogens is 544 g/mol. The van der Waals surface area contributed by atoms with E-state index in [1.165, 1.54) is 25.3 Å². The molecule has 0 saturated heterocycles. The number of furan rings is 1. The second kappa shape index (κ2) is 10.9. The number of nitrogens with one attached hydrogen (secondary N) is 2. The third-order valence-electron chi connectivity index (χ3n) is 9.12. The number of hydrogen-bond donors (Lipinski definition) is 2. The van der Waals surface area contributed by atoms with E-state index in [9.17, 15) is 14.4 Å². The van der Waals surface area contributed by atoms with E-state index in [4.69, 9.17) is 13.8 Å². The quantitative estimate of drug-likeness (QED) is 0.212. The van der Waals surface area contributed by atoms with Crippen LogP contribution < -0.4 is 16.3 Å². The van der Waals surface area contributed by atoms with Crippen molar-refractivity contribution in [1.82, 2.24) is 14.9 Å². The topological polar surface area (TPSA) is 119 Å². The van der Waals surface area contributed by atoms with Crippen molar-refractivity contribution < 1.29 is 18.4 Å². The first-order valence-electron chi connectivity index (χ1n) is 15.1. The summed E-state index contributed by atoms with van der Waals surface area (Å²) in [5, 5.41) is 6.86. The number of imidazole rings is 1. The summed E-state index contributed by atoms with van der Waals surface area (Å²) in [6.45, 7) is 1.84. The van der Waals surface area contributed by atoms with Crippen LogP contribution in [0.15, 0.2) is 74.7 Å². The molecular formula is C34H34N4O5. The maximum absolute atomic E-state index is 13.7. The largest absolute Gasteiger partial charge is 0.472 e. The number of aromatic nitrogens is 2. The third kappa shape index (κ3) is 5.02. The summed E-state index contributed by atoms with van der Waals surface area (Å²) in [4.78, 5) is 44.2. The van der Waals surface area contributed by atoms with Crippen LogP contribution in [0.1, 0.15) is 79.8 Å². The lowest BCUT2D eigenvalue weighted by Gasteiger charge is -2.29. The van der Waals surface area contributed by atoms with Crippen molar-refractivity contribution in [3.05, 3.63) is 82.6 Å². The van der Waals surface area contributed by atoms with Crippen LogP contribution in [0.4, 0.5) is 5.69 Å². The van der Waals surface area contributed by atoms with E-state index in [0.717, 1.165) is 59.1 Å². The number of aryl methyl sites for hydroxylation is 1. The van der Waals surface area contributed by atoms with Crippen LogP contribution >= 0.6 is 0 Å². The summed E-state index contributed by atoms with van der Waals surface area (Å²) < 4.78 is 13.0. The zero-order valence-corrected chi connectivity index (χ0v) is 24.2. The van der Waals surface area contributed by atoms with Crippen LogP contribution in [0.3, 0.4) is 0 Å². The van der Waals surface area contributed by atoms with Gasteiger partial charge in [-0.1, -0.05) is 32.1 Å². The number of benzene rings is 2. The van der Waals surface area contributed by atoms with Crippen molar-refractivity contribution in [3.8, 4) is 11.4 Å². The molecule has 3 aromatic heterocycles.